The van der Waals surface area contributed by atoms with Crippen LogP contribution in [0.3, 0.4) is 0 Å². The van der Waals surface area contributed by atoms with Gasteiger partial charge in [0.25, 0.3) is 11.8 Å². The predicted octanol–water partition coefficient (Wildman–Crippen LogP) is 2.32. The fourth-order valence-corrected chi connectivity index (χ4v) is 1.92. The summed E-state index contributed by atoms with van der Waals surface area (Å²) in [6, 6.07) is 4.76. The quantitative estimate of drug-likeness (QED) is 0.854. The van der Waals surface area contributed by atoms with Crippen molar-refractivity contribution in [3.8, 4) is 0 Å². The first-order chi connectivity index (χ1) is 9.88. The number of nitrogens with zero attached hydrogens (tertiary/aromatic N) is 1. The molecule has 1 aromatic carbocycles. The van der Waals surface area contributed by atoms with Gasteiger partial charge in [-0.2, -0.15) is 0 Å². The lowest BCUT2D eigenvalue weighted by Gasteiger charge is -2.13. The Balaban J connectivity index is 2.08. The van der Waals surface area contributed by atoms with Crippen molar-refractivity contribution in [3.63, 3.8) is 0 Å². The van der Waals surface area contributed by atoms with E-state index in [-0.39, 0.29) is 10.6 Å². The molecule has 0 bridgehead atoms. The minimum atomic E-state index is -0.819. The third-order valence-electron chi connectivity index (χ3n) is 2.89. The van der Waals surface area contributed by atoms with Crippen LogP contribution in [0.5, 0.6) is 0 Å². The van der Waals surface area contributed by atoms with Crippen LogP contribution in [0.4, 0.5) is 10.1 Å². The highest BCUT2D eigenvalue weighted by Crippen LogP contribution is 2.19. The molecule has 0 radical (unpaired) electrons. The Hall–Kier alpha value is -2.34. The molecule has 110 valence electrons. The first-order valence-electron chi connectivity index (χ1n) is 6.12. The number of aromatic nitrogens is 1. The largest absolute Gasteiger partial charge is 0.398 e. The van der Waals surface area contributed by atoms with Gasteiger partial charge in [0.1, 0.15) is 11.9 Å². The van der Waals surface area contributed by atoms with Gasteiger partial charge in [-0.1, -0.05) is 11.6 Å². The number of hydrogen-bond donors (Lipinski definition) is 2. The van der Waals surface area contributed by atoms with Gasteiger partial charge in [0.15, 0.2) is 0 Å². The van der Waals surface area contributed by atoms with E-state index >= 15 is 0 Å². The molecule has 0 spiro atoms. The molecule has 1 heterocycles. The lowest BCUT2D eigenvalue weighted by atomic mass is 10.2. The highest BCUT2D eigenvalue weighted by atomic mass is 35.5. The molecule has 2 aromatic rings. The Morgan fingerprint density at radius 2 is 2.10 bits per heavy atom. The van der Waals surface area contributed by atoms with Gasteiger partial charge in [-0.3, -0.25) is 14.2 Å². The molecule has 5 nitrogen and oxygen atoms in total. The summed E-state index contributed by atoms with van der Waals surface area (Å²) in [5.74, 6) is -1.44. The summed E-state index contributed by atoms with van der Waals surface area (Å²) in [5, 5.41) is 2.78. The third-order valence-corrected chi connectivity index (χ3v) is 3.22. The van der Waals surface area contributed by atoms with E-state index in [2.05, 4.69) is 5.32 Å². The van der Waals surface area contributed by atoms with Crippen molar-refractivity contribution in [1.82, 2.24) is 9.88 Å². The summed E-state index contributed by atoms with van der Waals surface area (Å²) in [7, 11) is 0. The second-order valence-corrected chi connectivity index (χ2v) is 4.91. The minimum Gasteiger partial charge on any atom is -0.398 e. The number of nitrogens with one attached hydrogen (secondary N) is 1. The van der Waals surface area contributed by atoms with E-state index in [1.807, 2.05) is 0 Å². The number of benzene rings is 1. The fraction of sp³-hybridized carbons (Fsp3) is 0.143. The van der Waals surface area contributed by atoms with Gasteiger partial charge in [-0.15, -0.1) is 0 Å². The average molecular weight is 310 g/mol. The minimum absolute atomic E-state index is 0.258. The molecule has 0 aliphatic rings. The van der Waals surface area contributed by atoms with Gasteiger partial charge in [-0.25, -0.2) is 4.39 Å². The summed E-state index contributed by atoms with van der Waals surface area (Å²) in [5.41, 5.74) is 6.21. The fourth-order valence-electron chi connectivity index (χ4n) is 1.74. The predicted molar refractivity (Wildman–Crippen MR) is 77.8 cm³/mol. The molecule has 0 fully saturated rings. The molecule has 0 aliphatic carbocycles. The summed E-state index contributed by atoms with van der Waals surface area (Å²) in [6.07, 6.45) is 2.34. The van der Waals surface area contributed by atoms with E-state index in [1.54, 1.807) is 0 Å². The number of halogens is 2. The number of hydrogen-bond acceptors (Lipinski definition) is 3. The normalized spacial score (nSPS) is 12.0. The zero-order valence-electron chi connectivity index (χ0n) is 11.1. The van der Waals surface area contributed by atoms with Crippen molar-refractivity contribution in [2.24, 2.45) is 0 Å². The van der Waals surface area contributed by atoms with E-state index in [0.717, 1.165) is 16.8 Å². The molecule has 0 saturated carbocycles. The van der Waals surface area contributed by atoms with Crippen LogP contribution in [0.1, 0.15) is 22.1 Å². The number of amides is 1. The van der Waals surface area contributed by atoms with Crippen LogP contribution < -0.4 is 11.1 Å². The van der Waals surface area contributed by atoms with Gasteiger partial charge in [-0.05, 0) is 31.2 Å². The maximum Gasteiger partial charge on any atom is 0.252 e. The van der Waals surface area contributed by atoms with Crippen molar-refractivity contribution in [1.29, 1.82) is 0 Å². The van der Waals surface area contributed by atoms with Crippen molar-refractivity contribution in [3.05, 3.63) is 53.1 Å². The maximum atomic E-state index is 12.9. The molecule has 1 unspecified atom stereocenters. The summed E-state index contributed by atoms with van der Waals surface area (Å²) >= 11 is 5.84. The van der Waals surface area contributed by atoms with Gasteiger partial charge >= 0.3 is 0 Å². The van der Waals surface area contributed by atoms with Gasteiger partial charge in [0.2, 0.25) is 0 Å². The van der Waals surface area contributed by atoms with Crippen molar-refractivity contribution < 1.29 is 14.0 Å². The molecule has 3 N–H and O–H groups in total. The molecule has 1 amide bonds. The summed E-state index contributed by atoms with van der Waals surface area (Å²) < 4.78 is 14.0. The standard InChI is InChI=1S/C14H13ClFN3O2/c1-8(14(21)19-5-4-10(16)7-19)18-13(20)9-2-3-12(17)11(15)6-9/h2-8H,17H2,1H3,(H,18,20). The highest BCUT2D eigenvalue weighted by molar-refractivity contribution is 6.33. The Kier molecular flexibility index (Phi) is 4.28. The summed E-state index contributed by atoms with van der Waals surface area (Å²) in [6.45, 7) is 1.51. The Labute approximate surface area is 125 Å². The van der Waals surface area contributed by atoms with E-state index in [9.17, 15) is 14.0 Å². The number of nitrogens with two attached hydrogens (primary N) is 1. The van der Waals surface area contributed by atoms with Crippen LogP contribution in [0, 0.1) is 5.82 Å². The molecular formula is C14H13ClFN3O2. The van der Waals surface area contributed by atoms with Crippen molar-refractivity contribution in [2.75, 3.05) is 5.73 Å². The number of carbonyl (C=O) groups excluding carboxylic acids is 2. The van der Waals surface area contributed by atoms with Crippen LogP contribution in [-0.2, 0) is 0 Å². The Morgan fingerprint density at radius 1 is 1.38 bits per heavy atom. The van der Waals surface area contributed by atoms with E-state index in [4.69, 9.17) is 17.3 Å². The summed E-state index contributed by atoms with van der Waals surface area (Å²) in [4.78, 5) is 24.0. The van der Waals surface area contributed by atoms with Crippen molar-refractivity contribution >= 4 is 29.1 Å². The van der Waals surface area contributed by atoms with Crippen LogP contribution in [-0.4, -0.2) is 22.4 Å². The molecular weight excluding hydrogens is 297 g/mol. The molecule has 0 saturated heterocycles. The smallest absolute Gasteiger partial charge is 0.252 e. The van der Waals surface area contributed by atoms with E-state index < -0.39 is 23.7 Å². The molecule has 21 heavy (non-hydrogen) atoms. The highest BCUT2D eigenvalue weighted by Gasteiger charge is 2.18. The van der Waals surface area contributed by atoms with Crippen LogP contribution in [0.15, 0.2) is 36.7 Å². The molecule has 1 aromatic heterocycles. The Morgan fingerprint density at radius 3 is 2.67 bits per heavy atom. The van der Waals surface area contributed by atoms with Gasteiger partial charge < -0.3 is 11.1 Å². The molecule has 2 rings (SSSR count). The van der Waals surface area contributed by atoms with Crippen molar-refractivity contribution in [2.45, 2.75) is 13.0 Å². The van der Waals surface area contributed by atoms with E-state index in [0.29, 0.717) is 5.69 Å². The molecule has 1 atom stereocenters. The molecule has 7 heteroatoms. The number of nitrogen functional groups attached to an aromatic ring is 1. The second kappa shape index (κ2) is 5.97. The molecule has 0 aliphatic heterocycles. The van der Waals surface area contributed by atoms with Crippen LogP contribution >= 0.6 is 11.6 Å². The number of carbonyl (C=O) groups is 2. The lowest BCUT2D eigenvalue weighted by Crippen LogP contribution is -2.40. The zero-order chi connectivity index (χ0) is 15.6. The average Bonchev–Trinajstić information content (AvgIpc) is 2.87. The Bertz CT molecular complexity index is 699. The van der Waals surface area contributed by atoms with Crippen LogP contribution in [0.25, 0.3) is 0 Å². The SMILES string of the molecule is CC(NC(=O)c1ccc(N)c(Cl)c1)C(=O)n1ccc(F)c1. The number of anilines is 1. The number of rotatable bonds is 3. The van der Waals surface area contributed by atoms with Crippen LogP contribution in [0.2, 0.25) is 5.02 Å². The third kappa shape index (κ3) is 3.41. The topological polar surface area (TPSA) is 77.1 Å². The van der Waals surface area contributed by atoms with E-state index in [1.165, 1.54) is 31.3 Å². The zero-order valence-corrected chi connectivity index (χ0v) is 11.9. The second-order valence-electron chi connectivity index (χ2n) is 4.51. The van der Waals surface area contributed by atoms with Gasteiger partial charge in [0.05, 0.1) is 10.7 Å². The first kappa shape index (κ1) is 15.1. The monoisotopic (exact) mass is 309 g/mol. The maximum absolute atomic E-state index is 12.9. The first-order valence-corrected chi connectivity index (χ1v) is 6.50. The van der Waals surface area contributed by atoms with Gasteiger partial charge in [0, 0.05) is 18.0 Å². The lowest BCUT2D eigenvalue weighted by molar-refractivity contribution is 0.0814.